The van der Waals surface area contributed by atoms with Crippen molar-refractivity contribution in [3.05, 3.63) is 44.8 Å². The van der Waals surface area contributed by atoms with Gasteiger partial charge in [0.2, 0.25) is 0 Å². The molecular formula is C13H17IN4. The molecule has 18 heavy (non-hydrogen) atoms. The maximum atomic E-state index is 6.36. The summed E-state index contributed by atoms with van der Waals surface area (Å²) in [4.78, 5) is 0. The molecule has 0 aliphatic rings. The van der Waals surface area contributed by atoms with E-state index < -0.39 is 0 Å². The Balaban J connectivity index is 2.38. The van der Waals surface area contributed by atoms with Crippen LogP contribution in [0, 0.1) is 10.5 Å². The van der Waals surface area contributed by atoms with Gasteiger partial charge >= 0.3 is 0 Å². The van der Waals surface area contributed by atoms with Crippen molar-refractivity contribution in [1.82, 2.24) is 15.0 Å². The van der Waals surface area contributed by atoms with Gasteiger partial charge in [0.1, 0.15) is 0 Å². The highest BCUT2D eigenvalue weighted by Gasteiger charge is 2.17. The van der Waals surface area contributed by atoms with Crippen LogP contribution in [0.4, 0.5) is 0 Å². The Morgan fingerprint density at radius 2 is 2.22 bits per heavy atom. The Hall–Kier alpha value is -0.950. The second-order valence-corrected chi connectivity index (χ2v) is 5.42. The highest BCUT2D eigenvalue weighted by molar-refractivity contribution is 14.1. The van der Waals surface area contributed by atoms with E-state index in [1.807, 2.05) is 10.7 Å². The molecule has 2 rings (SSSR count). The Bertz CT molecular complexity index is 536. The van der Waals surface area contributed by atoms with Crippen molar-refractivity contribution < 1.29 is 0 Å². The average molecular weight is 356 g/mol. The molecule has 2 N–H and O–H groups in total. The number of rotatable bonds is 4. The number of halogens is 1. The van der Waals surface area contributed by atoms with Gasteiger partial charge in [-0.3, -0.25) is 0 Å². The van der Waals surface area contributed by atoms with E-state index in [0.717, 1.165) is 24.2 Å². The number of nitrogens with two attached hydrogens (primary N) is 1. The van der Waals surface area contributed by atoms with E-state index in [0.29, 0.717) is 0 Å². The van der Waals surface area contributed by atoms with Gasteiger partial charge in [-0.2, -0.15) is 0 Å². The zero-order valence-electron chi connectivity index (χ0n) is 10.6. The maximum Gasteiger partial charge on any atom is 0.0800 e. The minimum atomic E-state index is -0.168. The first-order valence-electron chi connectivity index (χ1n) is 6.04. The zero-order chi connectivity index (χ0) is 13.1. The molecule has 0 fully saturated rings. The van der Waals surface area contributed by atoms with Gasteiger partial charge < -0.3 is 5.73 Å². The van der Waals surface area contributed by atoms with Crippen LogP contribution in [0.5, 0.6) is 0 Å². The van der Waals surface area contributed by atoms with E-state index in [1.165, 1.54) is 9.13 Å². The topological polar surface area (TPSA) is 56.7 Å². The lowest BCUT2D eigenvalue weighted by molar-refractivity contribution is 0.543. The Kier molecular flexibility index (Phi) is 4.34. The number of benzene rings is 1. The predicted molar refractivity (Wildman–Crippen MR) is 80.2 cm³/mol. The summed E-state index contributed by atoms with van der Waals surface area (Å²) in [5.74, 6) is 0. The summed E-state index contributed by atoms with van der Waals surface area (Å²) in [6.45, 7) is 5.07. The molecule has 4 nitrogen and oxygen atoms in total. The van der Waals surface area contributed by atoms with E-state index in [9.17, 15) is 0 Å². The van der Waals surface area contributed by atoms with Gasteiger partial charge in [0.05, 0.1) is 17.9 Å². The molecule has 0 aliphatic carbocycles. The summed E-state index contributed by atoms with van der Waals surface area (Å²) in [6, 6.07) is 6.04. The van der Waals surface area contributed by atoms with Gasteiger partial charge in [-0.1, -0.05) is 30.3 Å². The fourth-order valence-electron chi connectivity index (χ4n) is 1.96. The van der Waals surface area contributed by atoms with Gasteiger partial charge in [-0.15, -0.1) is 5.10 Å². The smallest absolute Gasteiger partial charge is 0.0800 e. The summed E-state index contributed by atoms with van der Waals surface area (Å²) >= 11 is 2.35. The van der Waals surface area contributed by atoms with Crippen LogP contribution in [-0.4, -0.2) is 15.0 Å². The minimum Gasteiger partial charge on any atom is -0.319 e. The normalized spacial score (nSPS) is 12.7. The molecule has 5 heteroatoms. The highest BCUT2D eigenvalue weighted by Crippen LogP contribution is 2.25. The summed E-state index contributed by atoms with van der Waals surface area (Å²) in [5.41, 5.74) is 9.71. The number of aryl methyl sites for hydroxylation is 2. The molecule has 0 saturated carbocycles. The van der Waals surface area contributed by atoms with Gasteiger partial charge in [0.15, 0.2) is 0 Å². The number of hydrogen-bond acceptors (Lipinski definition) is 3. The summed E-state index contributed by atoms with van der Waals surface area (Å²) in [7, 11) is 0. The van der Waals surface area contributed by atoms with Crippen LogP contribution in [0.3, 0.4) is 0 Å². The molecule has 2 aromatic rings. The van der Waals surface area contributed by atoms with Crippen molar-refractivity contribution in [2.75, 3.05) is 0 Å². The standard InChI is InChI=1S/C13H17IN4/c1-3-7-18-11(8-16-17-18)13(15)10-6-4-5-9(2)12(10)14/h4-6,8,13H,3,7,15H2,1-2H3. The van der Waals surface area contributed by atoms with Crippen molar-refractivity contribution in [1.29, 1.82) is 0 Å². The predicted octanol–water partition coefficient (Wildman–Crippen LogP) is 2.65. The van der Waals surface area contributed by atoms with Crippen molar-refractivity contribution in [2.45, 2.75) is 32.9 Å². The molecular weight excluding hydrogens is 339 g/mol. The number of aromatic nitrogens is 3. The third kappa shape index (κ3) is 2.56. The average Bonchev–Trinajstić information content (AvgIpc) is 2.80. The number of hydrogen-bond donors (Lipinski definition) is 1. The second-order valence-electron chi connectivity index (χ2n) is 4.34. The monoisotopic (exact) mass is 356 g/mol. The van der Waals surface area contributed by atoms with Crippen molar-refractivity contribution in [3.8, 4) is 0 Å². The van der Waals surface area contributed by atoms with E-state index in [4.69, 9.17) is 5.73 Å². The Morgan fingerprint density at radius 3 is 2.94 bits per heavy atom. The molecule has 1 heterocycles. The lowest BCUT2D eigenvalue weighted by Gasteiger charge is -2.16. The van der Waals surface area contributed by atoms with E-state index in [1.54, 1.807) is 6.20 Å². The molecule has 0 spiro atoms. The Labute approximate surface area is 121 Å². The minimum absolute atomic E-state index is 0.168. The van der Waals surface area contributed by atoms with Gasteiger partial charge in [0, 0.05) is 10.1 Å². The lowest BCUT2D eigenvalue weighted by Crippen LogP contribution is -2.18. The highest BCUT2D eigenvalue weighted by atomic mass is 127. The van der Waals surface area contributed by atoms with Gasteiger partial charge in [-0.05, 0) is 47.1 Å². The van der Waals surface area contributed by atoms with Crippen LogP contribution >= 0.6 is 22.6 Å². The fourth-order valence-corrected chi connectivity index (χ4v) is 2.66. The van der Waals surface area contributed by atoms with E-state index in [2.05, 4.69) is 58.9 Å². The molecule has 0 aliphatic heterocycles. The van der Waals surface area contributed by atoms with E-state index >= 15 is 0 Å². The quantitative estimate of drug-likeness (QED) is 0.857. The van der Waals surface area contributed by atoms with E-state index in [-0.39, 0.29) is 6.04 Å². The molecule has 1 aromatic heterocycles. The molecule has 1 atom stereocenters. The molecule has 0 amide bonds. The van der Waals surface area contributed by atoms with Crippen LogP contribution in [0.25, 0.3) is 0 Å². The fraction of sp³-hybridized carbons (Fsp3) is 0.385. The van der Waals surface area contributed by atoms with Gasteiger partial charge in [0.25, 0.3) is 0 Å². The first kappa shape index (κ1) is 13.5. The van der Waals surface area contributed by atoms with Crippen LogP contribution in [-0.2, 0) is 6.54 Å². The number of nitrogens with zero attached hydrogens (tertiary/aromatic N) is 3. The molecule has 1 unspecified atom stereocenters. The van der Waals surface area contributed by atoms with Crippen LogP contribution in [0.1, 0.15) is 36.2 Å². The lowest BCUT2D eigenvalue weighted by atomic mass is 10.0. The first-order valence-corrected chi connectivity index (χ1v) is 7.12. The zero-order valence-corrected chi connectivity index (χ0v) is 12.8. The first-order chi connectivity index (χ1) is 8.65. The van der Waals surface area contributed by atoms with Gasteiger partial charge in [-0.25, -0.2) is 4.68 Å². The van der Waals surface area contributed by atoms with Crippen molar-refractivity contribution in [3.63, 3.8) is 0 Å². The summed E-state index contributed by atoms with van der Waals surface area (Å²) < 4.78 is 3.11. The van der Waals surface area contributed by atoms with Crippen LogP contribution in [0.15, 0.2) is 24.4 Å². The maximum absolute atomic E-state index is 6.36. The third-order valence-electron chi connectivity index (χ3n) is 2.96. The second kappa shape index (κ2) is 5.79. The largest absolute Gasteiger partial charge is 0.319 e. The van der Waals surface area contributed by atoms with Crippen LogP contribution in [0.2, 0.25) is 0 Å². The van der Waals surface area contributed by atoms with Crippen molar-refractivity contribution in [2.24, 2.45) is 5.73 Å². The molecule has 0 saturated heterocycles. The van der Waals surface area contributed by atoms with Crippen molar-refractivity contribution >= 4 is 22.6 Å². The SMILES string of the molecule is CCCn1nncc1C(N)c1cccc(C)c1I. The summed E-state index contributed by atoms with van der Waals surface area (Å²) in [5, 5.41) is 8.06. The third-order valence-corrected chi connectivity index (χ3v) is 4.43. The molecule has 96 valence electrons. The van der Waals surface area contributed by atoms with Crippen LogP contribution < -0.4 is 5.73 Å². The molecule has 1 aromatic carbocycles. The summed E-state index contributed by atoms with van der Waals surface area (Å²) in [6.07, 6.45) is 2.78. The molecule has 0 radical (unpaired) electrons. The molecule has 0 bridgehead atoms. The Morgan fingerprint density at radius 1 is 1.44 bits per heavy atom.